The lowest BCUT2D eigenvalue weighted by atomic mass is 10.2. The summed E-state index contributed by atoms with van der Waals surface area (Å²) in [6.07, 6.45) is 1.55. The van der Waals surface area contributed by atoms with E-state index in [1.807, 2.05) is 0 Å². The zero-order valence-corrected chi connectivity index (χ0v) is 9.03. The molecule has 1 atom stereocenters. The summed E-state index contributed by atoms with van der Waals surface area (Å²) in [7, 11) is 0. The third-order valence-corrected chi connectivity index (χ3v) is 3.17. The molecule has 1 aliphatic heterocycles. The first-order chi connectivity index (χ1) is 7.36. The molecular formula is C8H10N6S. The van der Waals surface area contributed by atoms with Gasteiger partial charge in [0, 0.05) is 13.1 Å². The summed E-state index contributed by atoms with van der Waals surface area (Å²) in [4.78, 5) is 4.16. The van der Waals surface area contributed by atoms with E-state index in [1.165, 1.54) is 11.5 Å². The van der Waals surface area contributed by atoms with Crippen LogP contribution in [0.2, 0.25) is 0 Å². The van der Waals surface area contributed by atoms with Crippen molar-refractivity contribution in [2.24, 2.45) is 0 Å². The van der Waals surface area contributed by atoms with Gasteiger partial charge in [-0.25, -0.2) is 4.98 Å². The molecule has 2 aromatic heterocycles. The molecule has 0 spiro atoms. The van der Waals surface area contributed by atoms with Crippen molar-refractivity contribution in [3.05, 3.63) is 12.2 Å². The smallest absolute Gasteiger partial charge is 0.194 e. The minimum absolute atomic E-state index is 0.257. The molecule has 0 radical (unpaired) electrons. The maximum absolute atomic E-state index is 4.18. The van der Waals surface area contributed by atoms with Gasteiger partial charge in [0.1, 0.15) is 12.2 Å². The second-order valence-electron chi connectivity index (χ2n) is 3.46. The fourth-order valence-corrected chi connectivity index (χ4v) is 2.29. The van der Waals surface area contributed by atoms with E-state index in [0.717, 1.165) is 29.7 Å². The van der Waals surface area contributed by atoms with Crippen molar-refractivity contribution in [3.8, 4) is 10.8 Å². The first-order valence-electron chi connectivity index (χ1n) is 4.80. The molecule has 15 heavy (non-hydrogen) atoms. The van der Waals surface area contributed by atoms with Crippen molar-refractivity contribution in [2.45, 2.75) is 19.5 Å². The highest BCUT2D eigenvalue weighted by Gasteiger charge is 2.23. The lowest BCUT2D eigenvalue weighted by Gasteiger charge is -2.21. The monoisotopic (exact) mass is 222 g/mol. The third-order valence-electron chi connectivity index (χ3n) is 2.51. The predicted octanol–water partition coefficient (Wildman–Crippen LogP) is 0.461. The summed E-state index contributed by atoms with van der Waals surface area (Å²) in [6, 6.07) is 0.257. The van der Waals surface area contributed by atoms with E-state index >= 15 is 0 Å². The van der Waals surface area contributed by atoms with Gasteiger partial charge < -0.3 is 9.88 Å². The second-order valence-corrected chi connectivity index (χ2v) is 4.24. The predicted molar refractivity (Wildman–Crippen MR) is 55.3 cm³/mol. The van der Waals surface area contributed by atoms with E-state index in [4.69, 9.17) is 0 Å². The lowest BCUT2D eigenvalue weighted by molar-refractivity contribution is 0.439. The highest BCUT2D eigenvalue weighted by Crippen LogP contribution is 2.23. The molecule has 0 aromatic carbocycles. The largest absolute Gasteiger partial charge is 0.306 e. The van der Waals surface area contributed by atoms with Crippen LogP contribution < -0.4 is 5.32 Å². The quantitative estimate of drug-likeness (QED) is 0.759. The molecule has 0 aliphatic carbocycles. The number of fused-ring (bicyclic) bond motifs is 1. The fourth-order valence-electron chi connectivity index (χ4n) is 1.77. The molecule has 3 rings (SSSR count). The fraction of sp³-hybridized carbons (Fsp3) is 0.500. The average molecular weight is 222 g/mol. The Morgan fingerprint density at radius 1 is 1.53 bits per heavy atom. The normalized spacial score (nSPS) is 20.2. The molecule has 0 bridgehead atoms. The molecule has 1 aliphatic rings. The van der Waals surface area contributed by atoms with Gasteiger partial charge in [0.2, 0.25) is 0 Å². The van der Waals surface area contributed by atoms with Crippen LogP contribution in [-0.4, -0.2) is 30.7 Å². The highest BCUT2D eigenvalue weighted by atomic mass is 32.1. The molecular weight excluding hydrogens is 212 g/mol. The Morgan fingerprint density at radius 3 is 3.27 bits per heavy atom. The molecule has 3 heterocycles. The molecule has 0 saturated heterocycles. The van der Waals surface area contributed by atoms with Gasteiger partial charge in [-0.2, -0.15) is 4.37 Å². The van der Waals surface area contributed by atoms with Crippen LogP contribution in [0.3, 0.4) is 0 Å². The van der Waals surface area contributed by atoms with Crippen LogP contribution in [-0.2, 0) is 6.54 Å². The number of nitrogens with zero attached hydrogens (tertiary/aromatic N) is 5. The Hall–Kier alpha value is -1.34. The highest BCUT2D eigenvalue weighted by molar-refractivity contribution is 7.08. The Labute approximate surface area is 90.5 Å². The van der Waals surface area contributed by atoms with E-state index in [1.54, 1.807) is 6.33 Å². The molecule has 2 aromatic rings. The molecule has 1 N–H and O–H groups in total. The first-order valence-corrected chi connectivity index (χ1v) is 5.57. The number of rotatable bonds is 1. The SMILES string of the molecule is C[C@H]1NCCn2c(-c3ncns3)nnc21. The first kappa shape index (κ1) is 8.93. The van der Waals surface area contributed by atoms with Crippen molar-refractivity contribution in [3.63, 3.8) is 0 Å². The summed E-state index contributed by atoms with van der Waals surface area (Å²) >= 11 is 1.35. The van der Waals surface area contributed by atoms with Crippen LogP contribution in [0.15, 0.2) is 6.33 Å². The molecule has 0 unspecified atom stereocenters. The Balaban J connectivity index is 2.11. The van der Waals surface area contributed by atoms with E-state index in [0.29, 0.717) is 0 Å². The Morgan fingerprint density at radius 2 is 2.47 bits per heavy atom. The van der Waals surface area contributed by atoms with E-state index in [2.05, 4.69) is 36.4 Å². The van der Waals surface area contributed by atoms with Crippen molar-refractivity contribution >= 4 is 11.5 Å². The van der Waals surface area contributed by atoms with Crippen molar-refractivity contribution in [1.29, 1.82) is 0 Å². The molecule has 0 saturated carbocycles. The summed E-state index contributed by atoms with van der Waals surface area (Å²) in [5.74, 6) is 1.81. The Kier molecular flexibility index (Phi) is 2.00. The van der Waals surface area contributed by atoms with Gasteiger partial charge in [0.15, 0.2) is 10.8 Å². The average Bonchev–Trinajstić information content (AvgIpc) is 2.85. The Bertz CT molecular complexity index is 461. The molecule has 0 fully saturated rings. The maximum atomic E-state index is 4.18. The van der Waals surface area contributed by atoms with Gasteiger partial charge in [-0.15, -0.1) is 10.2 Å². The van der Waals surface area contributed by atoms with E-state index < -0.39 is 0 Å². The topological polar surface area (TPSA) is 68.5 Å². The van der Waals surface area contributed by atoms with E-state index in [9.17, 15) is 0 Å². The maximum Gasteiger partial charge on any atom is 0.194 e. The standard InChI is InChI=1S/C8H10N6S/c1-5-6-12-13-7(8-10-4-11-15-8)14(6)3-2-9-5/h4-5,9H,2-3H2,1H3/t5-/m1/s1. The number of nitrogens with one attached hydrogen (secondary N) is 1. The van der Waals surface area contributed by atoms with Crippen LogP contribution in [0.5, 0.6) is 0 Å². The van der Waals surface area contributed by atoms with Gasteiger partial charge in [0.25, 0.3) is 0 Å². The minimum atomic E-state index is 0.257. The number of hydrogen-bond donors (Lipinski definition) is 1. The van der Waals surface area contributed by atoms with Gasteiger partial charge in [0.05, 0.1) is 6.04 Å². The molecule has 7 heteroatoms. The third kappa shape index (κ3) is 1.35. The minimum Gasteiger partial charge on any atom is -0.306 e. The van der Waals surface area contributed by atoms with Crippen molar-refractivity contribution < 1.29 is 0 Å². The van der Waals surface area contributed by atoms with Gasteiger partial charge in [-0.1, -0.05) is 0 Å². The lowest BCUT2D eigenvalue weighted by Crippen LogP contribution is -2.32. The van der Waals surface area contributed by atoms with Gasteiger partial charge in [-0.05, 0) is 18.5 Å². The number of aromatic nitrogens is 5. The molecule has 6 nitrogen and oxygen atoms in total. The van der Waals surface area contributed by atoms with Crippen molar-refractivity contribution in [2.75, 3.05) is 6.54 Å². The van der Waals surface area contributed by atoms with E-state index in [-0.39, 0.29) is 6.04 Å². The van der Waals surface area contributed by atoms with Gasteiger partial charge in [-0.3, -0.25) is 0 Å². The zero-order chi connectivity index (χ0) is 10.3. The summed E-state index contributed by atoms with van der Waals surface area (Å²) in [5.41, 5.74) is 0. The van der Waals surface area contributed by atoms with Crippen LogP contribution >= 0.6 is 11.5 Å². The number of hydrogen-bond acceptors (Lipinski definition) is 6. The van der Waals surface area contributed by atoms with Crippen LogP contribution in [0.4, 0.5) is 0 Å². The summed E-state index contributed by atoms with van der Waals surface area (Å²) < 4.78 is 6.09. The van der Waals surface area contributed by atoms with Crippen molar-refractivity contribution in [1.82, 2.24) is 29.4 Å². The second kappa shape index (κ2) is 3.35. The van der Waals surface area contributed by atoms with Gasteiger partial charge >= 0.3 is 0 Å². The zero-order valence-electron chi connectivity index (χ0n) is 8.21. The van der Waals surface area contributed by atoms with Crippen LogP contribution in [0.25, 0.3) is 10.8 Å². The summed E-state index contributed by atoms with van der Waals surface area (Å²) in [6.45, 7) is 3.92. The van der Waals surface area contributed by atoms with Crippen LogP contribution in [0, 0.1) is 0 Å². The molecule has 78 valence electrons. The summed E-state index contributed by atoms with van der Waals surface area (Å²) in [5, 5.41) is 12.5. The molecule has 0 amide bonds. The van der Waals surface area contributed by atoms with Crippen LogP contribution in [0.1, 0.15) is 18.8 Å².